The molecule has 2 rings (SSSR count). The minimum absolute atomic E-state index is 0.0818. The van der Waals surface area contributed by atoms with Gasteiger partial charge >= 0.3 is 0 Å². The third-order valence-electron chi connectivity index (χ3n) is 2.61. The van der Waals surface area contributed by atoms with Crippen LogP contribution in [0.5, 0.6) is 5.75 Å². The lowest BCUT2D eigenvalue weighted by Crippen LogP contribution is -2.17. The molecule has 1 aliphatic rings. The first kappa shape index (κ1) is 12.6. The van der Waals surface area contributed by atoms with Gasteiger partial charge in [0.25, 0.3) is 5.91 Å². The van der Waals surface area contributed by atoms with Gasteiger partial charge in [-0.1, -0.05) is 13.8 Å². The molecule has 1 amide bonds. The molecule has 1 aromatic rings. The lowest BCUT2D eigenvalue weighted by molar-refractivity contribution is 0.0816. The Hall–Kier alpha value is -1.51. The van der Waals surface area contributed by atoms with Crippen molar-refractivity contribution in [2.24, 2.45) is 0 Å². The molecule has 3 nitrogen and oxygen atoms in total. The SMILES string of the molecule is CC.COc1cc2c(cc1C)CN(C)C2=O. The van der Waals surface area contributed by atoms with E-state index in [1.54, 1.807) is 12.0 Å². The lowest BCUT2D eigenvalue weighted by Gasteiger charge is -2.05. The largest absolute Gasteiger partial charge is 0.496 e. The van der Waals surface area contributed by atoms with Crippen molar-refractivity contribution < 1.29 is 9.53 Å². The van der Waals surface area contributed by atoms with Gasteiger partial charge in [-0.3, -0.25) is 4.79 Å². The number of rotatable bonds is 1. The van der Waals surface area contributed by atoms with Gasteiger partial charge in [-0.25, -0.2) is 0 Å². The fourth-order valence-corrected chi connectivity index (χ4v) is 1.83. The highest BCUT2D eigenvalue weighted by molar-refractivity contribution is 5.98. The molecule has 0 aromatic heterocycles. The maximum atomic E-state index is 11.6. The summed E-state index contributed by atoms with van der Waals surface area (Å²) in [5, 5.41) is 0. The predicted octanol–water partition coefficient (Wildman–Crippen LogP) is 2.62. The Morgan fingerprint density at radius 2 is 1.94 bits per heavy atom. The highest BCUT2D eigenvalue weighted by Crippen LogP contribution is 2.28. The van der Waals surface area contributed by atoms with Crippen molar-refractivity contribution in [2.45, 2.75) is 27.3 Å². The van der Waals surface area contributed by atoms with Crippen LogP contribution in [0.25, 0.3) is 0 Å². The molecule has 0 fully saturated rings. The first-order valence-electron chi connectivity index (χ1n) is 5.56. The first-order valence-corrected chi connectivity index (χ1v) is 5.56. The van der Waals surface area contributed by atoms with Gasteiger partial charge in [-0.05, 0) is 30.2 Å². The molecule has 3 heteroatoms. The number of nitrogens with zero attached hydrogens (tertiary/aromatic N) is 1. The van der Waals surface area contributed by atoms with E-state index >= 15 is 0 Å². The second-order valence-corrected chi connectivity index (χ2v) is 3.64. The summed E-state index contributed by atoms with van der Waals surface area (Å²) in [6, 6.07) is 3.85. The molecule has 0 saturated carbocycles. The Bertz CT molecular complexity index is 399. The Labute approximate surface area is 97.0 Å². The van der Waals surface area contributed by atoms with Gasteiger partial charge < -0.3 is 9.64 Å². The van der Waals surface area contributed by atoms with Crippen LogP contribution in [0.3, 0.4) is 0 Å². The summed E-state index contributed by atoms with van der Waals surface area (Å²) in [7, 11) is 3.43. The molecule has 1 aliphatic heterocycles. The summed E-state index contributed by atoms with van der Waals surface area (Å²) in [6.45, 7) is 6.70. The number of hydrogen-bond donors (Lipinski definition) is 0. The van der Waals surface area contributed by atoms with Crippen molar-refractivity contribution >= 4 is 5.91 Å². The summed E-state index contributed by atoms with van der Waals surface area (Å²) in [6.07, 6.45) is 0. The Kier molecular flexibility index (Phi) is 3.93. The van der Waals surface area contributed by atoms with Crippen molar-refractivity contribution in [2.75, 3.05) is 14.2 Å². The van der Waals surface area contributed by atoms with Crippen LogP contribution >= 0.6 is 0 Å². The number of hydrogen-bond acceptors (Lipinski definition) is 2. The smallest absolute Gasteiger partial charge is 0.254 e. The number of carbonyl (C=O) groups is 1. The Morgan fingerprint density at radius 1 is 1.31 bits per heavy atom. The number of carbonyl (C=O) groups excluding carboxylic acids is 1. The molecule has 0 radical (unpaired) electrons. The van der Waals surface area contributed by atoms with Crippen molar-refractivity contribution in [3.05, 3.63) is 28.8 Å². The molecule has 1 heterocycles. The van der Waals surface area contributed by atoms with E-state index in [9.17, 15) is 4.79 Å². The fourth-order valence-electron chi connectivity index (χ4n) is 1.83. The molecular weight excluding hydrogens is 202 g/mol. The van der Waals surface area contributed by atoms with Crippen LogP contribution < -0.4 is 4.74 Å². The van der Waals surface area contributed by atoms with Crippen LogP contribution in [-0.4, -0.2) is 25.0 Å². The molecule has 0 unspecified atom stereocenters. The summed E-state index contributed by atoms with van der Waals surface area (Å²) in [4.78, 5) is 13.4. The minimum Gasteiger partial charge on any atom is -0.496 e. The van der Waals surface area contributed by atoms with Gasteiger partial charge in [0.1, 0.15) is 5.75 Å². The van der Waals surface area contributed by atoms with Crippen LogP contribution in [-0.2, 0) is 6.54 Å². The molecule has 88 valence electrons. The number of fused-ring (bicyclic) bond motifs is 1. The zero-order valence-electron chi connectivity index (χ0n) is 10.6. The van der Waals surface area contributed by atoms with Gasteiger partial charge in [0.05, 0.1) is 7.11 Å². The number of amides is 1. The van der Waals surface area contributed by atoms with E-state index in [1.165, 1.54) is 0 Å². The van der Waals surface area contributed by atoms with E-state index in [-0.39, 0.29) is 5.91 Å². The molecule has 0 bridgehead atoms. The minimum atomic E-state index is 0.0818. The van der Waals surface area contributed by atoms with E-state index < -0.39 is 0 Å². The predicted molar refractivity (Wildman–Crippen MR) is 64.9 cm³/mol. The second kappa shape index (κ2) is 5.01. The number of ether oxygens (including phenoxy) is 1. The quantitative estimate of drug-likeness (QED) is 0.729. The average molecular weight is 221 g/mol. The molecular formula is C13H19NO2. The maximum Gasteiger partial charge on any atom is 0.254 e. The van der Waals surface area contributed by atoms with Gasteiger partial charge in [-0.2, -0.15) is 0 Å². The molecule has 0 spiro atoms. The van der Waals surface area contributed by atoms with E-state index in [4.69, 9.17) is 4.74 Å². The van der Waals surface area contributed by atoms with Gasteiger partial charge in [0, 0.05) is 19.2 Å². The van der Waals surface area contributed by atoms with Gasteiger partial charge in [0.2, 0.25) is 0 Å². The monoisotopic (exact) mass is 221 g/mol. The molecule has 1 aromatic carbocycles. The highest BCUT2D eigenvalue weighted by Gasteiger charge is 2.25. The van der Waals surface area contributed by atoms with E-state index in [1.807, 2.05) is 40.0 Å². The number of benzene rings is 1. The van der Waals surface area contributed by atoms with Gasteiger partial charge in [-0.15, -0.1) is 0 Å². The molecule has 16 heavy (non-hydrogen) atoms. The number of aryl methyl sites for hydroxylation is 1. The molecule has 0 aliphatic carbocycles. The second-order valence-electron chi connectivity index (χ2n) is 3.64. The molecule has 0 atom stereocenters. The third-order valence-corrected chi connectivity index (χ3v) is 2.61. The number of methoxy groups -OCH3 is 1. The zero-order chi connectivity index (χ0) is 12.3. The fraction of sp³-hybridized carbons (Fsp3) is 0.462. The van der Waals surface area contributed by atoms with Crippen molar-refractivity contribution in [3.63, 3.8) is 0 Å². The summed E-state index contributed by atoms with van der Waals surface area (Å²) < 4.78 is 5.18. The maximum absolute atomic E-state index is 11.6. The zero-order valence-corrected chi connectivity index (χ0v) is 10.6. The lowest BCUT2D eigenvalue weighted by atomic mass is 10.1. The van der Waals surface area contributed by atoms with Crippen LogP contribution in [0.1, 0.15) is 35.3 Å². The normalized spacial score (nSPS) is 13.1. The van der Waals surface area contributed by atoms with Crippen LogP contribution in [0.15, 0.2) is 12.1 Å². The van der Waals surface area contributed by atoms with Crippen molar-refractivity contribution in [1.82, 2.24) is 4.90 Å². The van der Waals surface area contributed by atoms with Crippen LogP contribution in [0.2, 0.25) is 0 Å². The first-order chi connectivity index (χ1) is 7.63. The summed E-state index contributed by atoms with van der Waals surface area (Å²) >= 11 is 0. The highest BCUT2D eigenvalue weighted by atomic mass is 16.5. The summed E-state index contributed by atoms with van der Waals surface area (Å²) in [5.41, 5.74) is 2.94. The van der Waals surface area contributed by atoms with E-state index in [2.05, 4.69) is 0 Å². The van der Waals surface area contributed by atoms with Crippen molar-refractivity contribution in [1.29, 1.82) is 0 Å². The molecule has 0 N–H and O–H groups in total. The van der Waals surface area contributed by atoms with Gasteiger partial charge in [0.15, 0.2) is 0 Å². The third kappa shape index (κ3) is 2.03. The average Bonchev–Trinajstić information content (AvgIpc) is 2.56. The van der Waals surface area contributed by atoms with Crippen molar-refractivity contribution in [3.8, 4) is 5.75 Å². The van der Waals surface area contributed by atoms with Crippen LogP contribution in [0, 0.1) is 6.92 Å². The topological polar surface area (TPSA) is 29.5 Å². The molecule has 0 saturated heterocycles. The standard InChI is InChI=1S/C11H13NO2.C2H6/c1-7-4-8-6-12(2)11(13)9(8)5-10(7)14-3;1-2/h4-5H,6H2,1-3H3;1-2H3. The van der Waals surface area contributed by atoms with E-state index in [0.717, 1.165) is 22.4 Å². The van der Waals surface area contributed by atoms with E-state index in [0.29, 0.717) is 6.54 Å². The Balaban J connectivity index is 0.000000606. The van der Waals surface area contributed by atoms with Crippen LogP contribution in [0.4, 0.5) is 0 Å². The Morgan fingerprint density at radius 3 is 2.50 bits per heavy atom. The summed E-state index contributed by atoms with van der Waals surface area (Å²) in [5.74, 6) is 0.866.